The van der Waals surface area contributed by atoms with Gasteiger partial charge in [0.25, 0.3) is 0 Å². The summed E-state index contributed by atoms with van der Waals surface area (Å²) < 4.78 is 6.03. The fourth-order valence-electron chi connectivity index (χ4n) is 4.11. The highest BCUT2D eigenvalue weighted by Gasteiger charge is 2.13. The minimum atomic E-state index is 0.757. The van der Waals surface area contributed by atoms with Crippen molar-refractivity contribution in [3.05, 3.63) is 54.1 Å². The molecule has 0 heterocycles. The van der Waals surface area contributed by atoms with E-state index in [-0.39, 0.29) is 0 Å². The Balaban J connectivity index is 1.46. The van der Waals surface area contributed by atoms with Crippen LogP contribution in [0.3, 0.4) is 0 Å². The van der Waals surface area contributed by atoms with Gasteiger partial charge in [0.2, 0.25) is 0 Å². The first-order chi connectivity index (χ1) is 13.3. The monoisotopic (exact) mass is 364 g/mol. The lowest BCUT2D eigenvalue weighted by atomic mass is 9.90. The summed E-state index contributed by atoms with van der Waals surface area (Å²) >= 11 is 0. The van der Waals surface area contributed by atoms with Crippen molar-refractivity contribution >= 4 is 0 Å². The Bertz CT molecular complexity index is 635. The zero-order chi connectivity index (χ0) is 18.7. The molecule has 27 heavy (non-hydrogen) atoms. The maximum Gasteiger partial charge on any atom is 0.119 e. The first kappa shape index (κ1) is 20.0. The third-order valence-electron chi connectivity index (χ3n) is 5.92. The second kappa shape index (κ2) is 11.2. The Morgan fingerprint density at radius 2 is 1.37 bits per heavy atom. The number of rotatable bonds is 10. The van der Waals surface area contributed by atoms with Crippen LogP contribution in [-0.4, -0.2) is 6.61 Å². The second-order valence-electron chi connectivity index (χ2n) is 8.20. The van der Waals surface area contributed by atoms with Crippen molar-refractivity contribution in [3.63, 3.8) is 0 Å². The van der Waals surface area contributed by atoms with E-state index < -0.39 is 0 Å². The molecule has 1 nitrogen and oxygen atoms in total. The van der Waals surface area contributed by atoms with Gasteiger partial charge in [0.05, 0.1) is 6.61 Å². The first-order valence-corrected chi connectivity index (χ1v) is 11.2. The van der Waals surface area contributed by atoms with Crippen LogP contribution in [0.15, 0.2) is 48.5 Å². The SMILES string of the molecule is CCCCCCCc1ccc(-c2ccc(OCC3CCCCC3)cc2)cc1. The van der Waals surface area contributed by atoms with Crippen LogP contribution in [0.4, 0.5) is 0 Å². The predicted octanol–water partition coefficient (Wildman–Crippen LogP) is 7.83. The molecule has 1 aliphatic rings. The van der Waals surface area contributed by atoms with E-state index in [2.05, 4.69) is 55.5 Å². The third kappa shape index (κ3) is 6.72. The van der Waals surface area contributed by atoms with E-state index in [4.69, 9.17) is 4.74 Å². The summed E-state index contributed by atoms with van der Waals surface area (Å²) in [5, 5.41) is 0. The highest BCUT2D eigenvalue weighted by molar-refractivity contribution is 5.64. The third-order valence-corrected chi connectivity index (χ3v) is 5.92. The highest BCUT2D eigenvalue weighted by Crippen LogP contribution is 2.26. The molecule has 1 aliphatic carbocycles. The zero-order valence-electron chi connectivity index (χ0n) is 17.1. The van der Waals surface area contributed by atoms with Crippen molar-refractivity contribution in [2.24, 2.45) is 5.92 Å². The molecule has 2 aromatic carbocycles. The van der Waals surface area contributed by atoms with Crippen molar-refractivity contribution in [1.29, 1.82) is 0 Å². The molecule has 2 aromatic rings. The minimum Gasteiger partial charge on any atom is -0.493 e. The predicted molar refractivity (Wildman–Crippen MR) is 116 cm³/mol. The highest BCUT2D eigenvalue weighted by atomic mass is 16.5. The summed E-state index contributed by atoms with van der Waals surface area (Å²) in [4.78, 5) is 0. The quantitative estimate of drug-likeness (QED) is 0.390. The molecular formula is C26H36O. The van der Waals surface area contributed by atoms with Crippen molar-refractivity contribution in [1.82, 2.24) is 0 Å². The minimum absolute atomic E-state index is 0.757. The Morgan fingerprint density at radius 3 is 2.04 bits per heavy atom. The number of benzene rings is 2. The summed E-state index contributed by atoms with van der Waals surface area (Å²) in [7, 11) is 0. The molecule has 0 unspecified atom stereocenters. The van der Waals surface area contributed by atoms with Crippen LogP contribution in [0.5, 0.6) is 5.75 Å². The number of unbranched alkanes of at least 4 members (excludes halogenated alkanes) is 4. The lowest BCUT2D eigenvalue weighted by molar-refractivity contribution is 0.209. The van der Waals surface area contributed by atoms with Gasteiger partial charge >= 0.3 is 0 Å². The normalized spacial score (nSPS) is 15.0. The van der Waals surface area contributed by atoms with Gasteiger partial charge in [-0.25, -0.2) is 0 Å². The van der Waals surface area contributed by atoms with Crippen LogP contribution >= 0.6 is 0 Å². The van der Waals surface area contributed by atoms with E-state index in [1.807, 2.05) is 0 Å². The van der Waals surface area contributed by atoms with Gasteiger partial charge in [-0.05, 0) is 60.4 Å². The Kier molecular flexibility index (Phi) is 8.27. The fraction of sp³-hybridized carbons (Fsp3) is 0.538. The zero-order valence-corrected chi connectivity index (χ0v) is 17.1. The van der Waals surface area contributed by atoms with Gasteiger partial charge in [-0.15, -0.1) is 0 Å². The van der Waals surface area contributed by atoms with Gasteiger partial charge in [0.15, 0.2) is 0 Å². The largest absolute Gasteiger partial charge is 0.493 e. The molecule has 146 valence electrons. The van der Waals surface area contributed by atoms with Gasteiger partial charge in [-0.2, -0.15) is 0 Å². The standard InChI is InChI=1S/C26H36O/c1-2-3-4-5-7-10-22-13-15-24(16-14-22)25-17-19-26(20-18-25)27-21-23-11-8-6-9-12-23/h13-20,23H,2-12,21H2,1H3. The molecule has 0 atom stereocenters. The maximum atomic E-state index is 6.03. The van der Waals surface area contributed by atoms with Gasteiger partial charge < -0.3 is 4.74 Å². The Hall–Kier alpha value is -1.76. The molecule has 0 radical (unpaired) electrons. The van der Waals surface area contributed by atoms with Crippen molar-refractivity contribution in [3.8, 4) is 16.9 Å². The summed E-state index contributed by atoms with van der Waals surface area (Å²) in [6, 6.07) is 17.7. The van der Waals surface area contributed by atoms with Crippen LogP contribution in [0.1, 0.15) is 76.7 Å². The Morgan fingerprint density at radius 1 is 0.741 bits per heavy atom. The number of ether oxygens (including phenoxy) is 1. The van der Waals surface area contributed by atoms with Crippen LogP contribution in [0.25, 0.3) is 11.1 Å². The number of aryl methyl sites for hydroxylation is 1. The van der Waals surface area contributed by atoms with Crippen molar-refractivity contribution in [2.45, 2.75) is 77.6 Å². The lowest BCUT2D eigenvalue weighted by Gasteiger charge is -2.21. The van der Waals surface area contributed by atoms with E-state index in [0.29, 0.717) is 0 Å². The number of hydrogen-bond acceptors (Lipinski definition) is 1. The van der Waals surface area contributed by atoms with Gasteiger partial charge in [-0.3, -0.25) is 0 Å². The fourth-order valence-corrected chi connectivity index (χ4v) is 4.11. The molecule has 0 spiro atoms. The summed E-state index contributed by atoms with van der Waals surface area (Å²) in [5.41, 5.74) is 4.03. The second-order valence-corrected chi connectivity index (χ2v) is 8.20. The van der Waals surface area contributed by atoms with E-state index in [0.717, 1.165) is 18.3 Å². The van der Waals surface area contributed by atoms with Crippen molar-refractivity contribution in [2.75, 3.05) is 6.61 Å². The number of hydrogen-bond donors (Lipinski definition) is 0. The van der Waals surface area contributed by atoms with Crippen LogP contribution in [0.2, 0.25) is 0 Å². The average molecular weight is 365 g/mol. The van der Waals surface area contributed by atoms with Crippen LogP contribution in [0, 0.1) is 5.92 Å². The molecule has 1 fully saturated rings. The molecule has 1 heteroatoms. The maximum absolute atomic E-state index is 6.03. The molecule has 0 saturated heterocycles. The summed E-state index contributed by atoms with van der Waals surface area (Å²) in [6.45, 7) is 3.15. The smallest absolute Gasteiger partial charge is 0.119 e. The molecule has 0 aromatic heterocycles. The van der Waals surface area contributed by atoms with Gasteiger partial charge in [0, 0.05) is 0 Å². The lowest BCUT2D eigenvalue weighted by Crippen LogP contribution is -2.15. The van der Waals surface area contributed by atoms with Crippen molar-refractivity contribution < 1.29 is 4.74 Å². The van der Waals surface area contributed by atoms with E-state index >= 15 is 0 Å². The molecule has 0 bridgehead atoms. The average Bonchev–Trinajstić information content (AvgIpc) is 2.74. The summed E-state index contributed by atoms with van der Waals surface area (Å²) in [5.74, 6) is 1.76. The summed E-state index contributed by atoms with van der Waals surface area (Å²) in [6.07, 6.45) is 14.8. The van der Waals surface area contributed by atoms with Gasteiger partial charge in [-0.1, -0.05) is 88.3 Å². The van der Waals surface area contributed by atoms with E-state index in [1.165, 1.54) is 87.3 Å². The Labute approximate surface area is 166 Å². The molecule has 1 saturated carbocycles. The molecule has 0 N–H and O–H groups in total. The molecular weight excluding hydrogens is 328 g/mol. The van der Waals surface area contributed by atoms with Gasteiger partial charge in [0.1, 0.15) is 5.75 Å². The van der Waals surface area contributed by atoms with E-state index in [9.17, 15) is 0 Å². The van der Waals surface area contributed by atoms with E-state index in [1.54, 1.807) is 0 Å². The molecule has 3 rings (SSSR count). The first-order valence-electron chi connectivity index (χ1n) is 11.2. The topological polar surface area (TPSA) is 9.23 Å². The van der Waals surface area contributed by atoms with Crippen LogP contribution < -0.4 is 4.74 Å². The van der Waals surface area contributed by atoms with Crippen LogP contribution in [-0.2, 0) is 6.42 Å². The molecule has 0 amide bonds. The molecule has 0 aliphatic heterocycles.